The molecule has 0 aliphatic rings. The van der Waals surface area contributed by atoms with E-state index in [0.717, 1.165) is 22.0 Å². The number of ether oxygens (including phenoxy) is 1. The second-order valence-corrected chi connectivity index (χ2v) is 5.93. The van der Waals surface area contributed by atoms with E-state index >= 15 is 0 Å². The van der Waals surface area contributed by atoms with Gasteiger partial charge in [-0.3, -0.25) is 4.79 Å². The van der Waals surface area contributed by atoms with Crippen LogP contribution in [0, 0.1) is 0 Å². The van der Waals surface area contributed by atoms with Crippen LogP contribution in [0.15, 0.2) is 43.0 Å². The molecule has 1 amide bonds. The number of rotatable bonds is 5. The molecule has 2 heterocycles. The van der Waals surface area contributed by atoms with Crippen molar-refractivity contribution in [3.05, 3.63) is 43.0 Å². The normalized spacial score (nSPS) is 11.2. The zero-order valence-electron chi connectivity index (χ0n) is 14.0. The smallest absolute Gasteiger partial charge is 0.251 e. The number of fused-ring (bicyclic) bond motifs is 1. The van der Waals surface area contributed by atoms with Crippen LogP contribution in [0.5, 0.6) is 0 Å². The summed E-state index contributed by atoms with van der Waals surface area (Å²) in [5.41, 5.74) is 2.10. The summed E-state index contributed by atoms with van der Waals surface area (Å²) in [6.45, 7) is 3.80. The van der Waals surface area contributed by atoms with Crippen LogP contribution in [0.1, 0.15) is 13.8 Å². The summed E-state index contributed by atoms with van der Waals surface area (Å²) in [7, 11) is 1.96. The predicted octanol–water partition coefficient (Wildman–Crippen LogP) is 3.00. The highest BCUT2D eigenvalue weighted by atomic mass is 16.5. The van der Waals surface area contributed by atoms with Crippen molar-refractivity contribution in [3.63, 3.8) is 0 Å². The summed E-state index contributed by atoms with van der Waals surface area (Å²) in [5, 5.41) is 4.78. The molecule has 3 rings (SSSR count). The van der Waals surface area contributed by atoms with Crippen LogP contribution in [0.25, 0.3) is 22.0 Å². The molecule has 0 aliphatic carbocycles. The first-order valence-corrected chi connectivity index (χ1v) is 7.81. The number of imidazole rings is 1. The minimum absolute atomic E-state index is 0.0155. The van der Waals surface area contributed by atoms with Crippen molar-refractivity contribution in [1.82, 2.24) is 14.5 Å². The van der Waals surface area contributed by atoms with Crippen LogP contribution in [0.3, 0.4) is 0 Å². The summed E-state index contributed by atoms with van der Waals surface area (Å²) in [4.78, 5) is 20.3. The van der Waals surface area contributed by atoms with Crippen LogP contribution < -0.4 is 5.32 Å². The number of carbonyl (C=O) groups is 1. The fourth-order valence-electron chi connectivity index (χ4n) is 2.43. The van der Waals surface area contributed by atoms with Crippen molar-refractivity contribution in [2.75, 3.05) is 11.9 Å². The van der Waals surface area contributed by atoms with Crippen molar-refractivity contribution in [2.24, 2.45) is 7.05 Å². The zero-order valence-corrected chi connectivity index (χ0v) is 14.0. The number of hydrogen-bond acceptors (Lipinski definition) is 4. The molecule has 1 N–H and O–H groups in total. The van der Waals surface area contributed by atoms with Gasteiger partial charge in [0.05, 0.1) is 24.3 Å². The quantitative estimate of drug-likeness (QED) is 0.783. The van der Waals surface area contributed by atoms with Crippen LogP contribution in [0.4, 0.5) is 5.82 Å². The van der Waals surface area contributed by atoms with E-state index < -0.39 is 0 Å². The molecule has 1 aromatic carbocycles. The van der Waals surface area contributed by atoms with Gasteiger partial charge < -0.3 is 14.6 Å². The van der Waals surface area contributed by atoms with E-state index in [1.165, 1.54) is 0 Å². The molecule has 0 unspecified atom stereocenters. The Morgan fingerprint density at radius 2 is 2.08 bits per heavy atom. The number of aryl methyl sites for hydroxylation is 1. The maximum absolute atomic E-state index is 11.9. The predicted molar refractivity (Wildman–Crippen MR) is 93.7 cm³/mol. The third-order valence-electron chi connectivity index (χ3n) is 3.65. The average Bonchev–Trinajstić information content (AvgIpc) is 2.98. The van der Waals surface area contributed by atoms with E-state index in [1.807, 2.05) is 49.9 Å². The minimum Gasteiger partial charge on any atom is -0.369 e. The van der Waals surface area contributed by atoms with Crippen molar-refractivity contribution in [2.45, 2.75) is 20.0 Å². The van der Waals surface area contributed by atoms with Crippen molar-refractivity contribution in [1.29, 1.82) is 0 Å². The summed E-state index contributed by atoms with van der Waals surface area (Å²) < 4.78 is 7.26. The van der Waals surface area contributed by atoms with E-state index in [0.29, 0.717) is 5.82 Å². The molecule has 0 aliphatic heterocycles. The molecular weight excluding hydrogens is 304 g/mol. The number of carbonyl (C=O) groups excluding carboxylic acids is 1. The molecular formula is C18H20N4O2. The zero-order chi connectivity index (χ0) is 17.1. The molecule has 3 aromatic rings. The summed E-state index contributed by atoms with van der Waals surface area (Å²) in [5.74, 6) is 0.306. The Balaban J connectivity index is 1.84. The Kier molecular flexibility index (Phi) is 4.57. The Morgan fingerprint density at radius 1 is 1.25 bits per heavy atom. The van der Waals surface area contributed by atoms with Gasteiger partial charge in [-0.25, -0.2) is 9.97 Å². The number of nitrogens with zero attached hydrogens (tertiary/aromatic N) is 3. The molecule has 0 saturated carbocycles. The van der Waals surface area contributed by atoms with Gasteiger partial charge in [0.1, 0.15) is 12.4 Å². The van der Waals surface area contributed by atoms with Crippen LogP contribution in [-0.4, -0.2) is 33.2 Å². The highest BCUT2D eigenvalue weighted by Gasteiger charge is 2.08. The highest BCUT2D eigenvalue weighted by molar-refractivity contribution is 5.94. The Hall–Kier alpha value is -2.73. The van der Waals surface area contributed by atoms with Crippen LogP contribution >= 0.6 is 0 Å². The number of benzene rings is 1. The molecule has 2 aromatic heterocycles. The molecule has 124 valence electrons. The van der Waals surface area contributed by atoms with Gasteiger partial charge in [-0.2, -0.15) is 0 Å². The van der Waals surface area contributed by atoms with Crippen LogP contribution in [0.2, 0.25) is 0 Å². The lowest BCUT2D eigenvalue weighted by Gasteiger charge is -2.09. The number of hydrogen-bond donors (Lipinski definition) is 1. The van der Waals surface area contributed by atoms with E-state index in [9.17, 15) is 4.79 Å². The molecule has 0 atom stereocenters. The SMILES string of the molecule is CC(C)OCC(=O)Nc1cc2cc(-c3cncn3C)ccc2cn1. The first-order chi connectivity index (χ1) is 11.5. The summed E-state index contributed by atoms with van der Waals surface area (Å²) in [6.07, 6.45) is 5.36. The molecule has 0 bridgehead atoms. The Bertz CT molecular complexity index is 870. The topological polar surface area (TPSA) is 69.0 Å². The van der Waals surface area contributed by atoms with Gasteiger partial charge in [-0.1, -0.05) is 12.1 Å². The van der Waals surface area contributed by atoms with Gasteiger partial charge in [0, 0.05) is 24.2 Å². The molecule has 6 heteroatoms. The number of pyridine rings is 1. The lowest BCUT2D eigenvalue weighted by molar-refractivity contribution is -0.121. The second-order valence-electron chi connectivity index (χ2n) is 5.93. The molecule has 0 radical (unpaired) electrons. The van der Waals surface area contributed by atoms with Crippen molar-refractivity contribution >= 4 is 22.5 Å². The van der Waals surface area contributed by atoms with E-state index in [-0.39, 0.29) is 18.6 Å². The van der Waals surface area contributed by atoms with Gasteiger partial charge in [0.25, 0.3) is 5.91 Å². The minimum atomic E-state index is -0.210. The number of amides is 1. The molecule has 0 spiro atoms. The van der Waals surface area contributed by atoms with Gasteiger partial charge in [-0.05, 0) is 31.4 Å². The van der Waals surface area contributed by atoms with E-state index in [1.54, 1.807) is 12.5 Å². The standard InChI is InChI=1S/C18H20N4O2/c1-12(2)24-10-18(23)21-17-7-15-6-13(4-5-14(15)8-20-17)16-9-19-11-22(16)3/h4-9,11-12H,10H2,1-3H3,(H,20,21,23). The highest BCUT2D eigenvalue weighted by Crippen LogP contribution is 2.24. The van der Waals surface area contributed by atoms with Crippen LogP contribution in [-0.2, 0) is 16.6 Å². The fourth-order valence-corrected chi connectivity index (χ4v) is 2.43. The van der Waals surface area contributed by atoms with Gasteiger partial charge in [-0.15, -0.1) is 0 Å². The Labute approximate surface area is 140 Å². The summed E-state index contributed by atoms with van der Waals surface area (Å²) >= 11 is 0. The average molecular weight is 324 g/mol. The number of anilines is 1. The Morgan fingerprint density at radius 3 is 2.79 bits per heavy atom. The van der Waals surface area contributed by atoms with Crippen molar-refractivity contribution in [3.8, 4) is 11.3 Å². The molecule has 24 heavy (non-hydrogen) atoms. The fraction of sp³-hybridized carbons (Fsp3) is 0.278. The second kappa shape index (κ2) is 6.80. The van der Waals surface area contributed by atoms with Gasteiger partial charge in [0.2, 0.25) is 0 Å². The largest absolute Gasteiger partial charge is 0.369 e. The first-order valence-electron chi connectivity index (χ1n) is 7.81. The third kappa shape index (κ3) is 3.60. The van der Waals surface area contributed by atoms with Gasteiger partial charge in [0.15, 0.2) is 0 Å². The molecule has 6 nitrogen and oxygen atoms in total. The maximum atomic E-state index is 11.9. The van der Waals surface area contributed by atoms with E-state index in [2.05, 4.69) is 21.4 Å². The third-order valence-corrected chi connectivity index (χ3v) is 3.65. The summed E-state index contributed by atoms with van der Waals surface area (Å²) in [6, 6.07) is 7.98. The molecule has 0 saturated heterocycles. The van der Waals surface area contributed by atoms with E-state index in [4.69, 9.17) is 4.74 Å². The van der Waals surface area contributed by atoms with Gasteiger partial charge >= 0.3 is 0 Å². The maximum Gasteiger partial charge on any atom is 0.251 e. The lowest BCUT2D eigenvalue weighted by atomic mass is 10.1. The first kappa shape index (κ1) is 16.1. The number of aromatic nitrogens is 3. The lowest BCUT2D eigenvalue weighted by Crippen LogP contribution is -2.21. The van der Waals surface area contributed by atoms with Crippen molar-refractivity contribution < 1.29 is 9.53 Å². The number of nitrogens with one attached hydrogen (secondary N) is 1. The molecule has 0 fully saturated rings. The monoisotopic (exact) mass is 324 g/mol.